The Morgan fingerprint density at radius 3 is 2.85 bits per heavy atom. The van der Waals surface area contributed by atoms with Gasteiger partial charge in [-0.1, -0.05) is 23.2 Å². The van der Waals surface area contributed by atoms with Gasteiger partial charge in [0.25, 0.3) is 6.54 Å². The van der Waals surface area contributed by atoms with Crippen LogP contribution in [0.25, 0.3) is 0 Å². The molecule has 1 aliphatic heterocycles. The zero-order valence-corrected chi connectivity index (χ0v) is 7.23. The van der Waals surface area contributed by atoms with Gasteiger partial charge in [0.15, 0.2) is 0 Å². The van der Waals surface area contributed by atoms with Crippen molar-refractivity contribution in [2.45, 2.75) is 6.54 Å². The third kappa shape index (κ3) is 1.11. The Morgan fingerprint density at radius 2 is 2.08 bits per heavy atom. The van der Waals surface area contributed by atoms with Crippen LogP contribution in [0.15, 0.2) is 24.3 Å². The molecule has 13 heavy (non-hydrogen) atoms. The topological polar surface area (TPSA) is 40.4 Å². The molecular weight excluding hydrogens is 168 g/mol. The molecule has 0 saturated heterocycles. The van der Waals surface area contributed by atoms with E-state index in [1.807, 2.05) is 6.07 Å². The predicted octanol–water partition coefficient (Wildman–Crippen LogP) is 0.966. The number of benzene rings is 1. The molecule has 4 nitrogen and oxygen atoms in total. The third-order valence-electron chi connectivity index (χ3n) is 2.18. The van der Waals surface area contributed by atoms with Crippen LogP contribution in [0.2, 0.25) is 0 Å². The van der Waals surface area contributed by atoms with Crippen molar-refractivity contribution in [2.75, 3.05) is 7.05 Å². The summed E-state index contributed by atoms with van der Waals surface area (Å²) in [7, 11) is 1.48. The number of hydrogen-bond acceptors (Lipinski definition) is 2. The second kappa shape index (κ2) is 2.65. The van der Waals surface area contributed by atoms with Gasteiger partial charge in [-0.25, -0.2) is 0 Å². The van der Waals surface area contributed by atoms with Crippen LogP contribution in [0.5, 0.6) is 0 Å². The van der Waals surface area contributed by atoms with Gasteiger partial charge in [0.05, 0.1) is 17.5 Å². The third-order valence-corrected chi connectivity index (χ3v) is 2.18. The van der Waals surface area contributed by atoms with Crippen molar-refractivity contribution in [1.29, 1.82) is 0 Å². The van der Waals surface area contributed by atoms with Crippen LogP contribution in [0, 0.1) is 4.91 Å². The summed E-state index contributed by atoms with van der Waals surface area (Å²) in [4.78, 5) is 23.4. The van der Waals surface area contributed by atoms with Gasteiger partial charge in [0, 0.05) is 5.56 Å². The average molecular weight is 177 g/mol. The number of hydrogen-bond donors (Lipinski definition) is 0. The Labute approximate surface area is 75.3 Å². The second-order valence-corrected chi connectivity index (χ2v) is 3.00. The lowest BCUT2D eigenvalue weighted by Gasteiger charge is -2.14. The Kier molecular flexibility index (Phi) is 1.62. The number of nitrogens with zero attached hydrogens (tertiary/aromatic N) is 2. The van der Waals surface area contributed by atoms with Crippen molar-refractivity contribution in [1.82, 2.24) is 5.01 Å². The number of carbonyl (C=O) groups is 1. The van der Waals surface area contributed by atoms with Crippen LogP contribution in [-0.4, -0.2) is 22.8 Å². The first-order valence-electron chi connectivity index (χ1n) is 4.00. The lowest BCUT2D eigenvalue weighted by Crippen LogP contribution is -2.39. The fourth-order valence-electron chi connectivity index (χ4n) is 1.39. The molecule has 4 heteroatoms. The van der Waals surface area contributed by atoms with Crippen molar-refractivity contribution in [3.8, 4) is 0 Å². The highest BCUT2D eigenvalue weighted by Crippen LogP contribution is 2.17. The average Bonchev–Trinajstić information content (AvgIpc) is 2.15. The number of rotatable bonds is 0. The van der Waals surface area contributed by atoms with E-state index in [4.69, 9.17) is 0 Å². The SMILES string of the molecule is CN1C(=O)c2ccccc2C[N+]1=O. The minimum Gasteiger partial charge on any atom is -0.263 e. The second-order valence-electron chi connectivity index (χ2n) is 3.00. The summed E-state index contributed by atoms with van der Waals surface area (Å²) in [6.45, 7) is 0.248. The van der Waals surface area contributed by atoms with E-state index in [-0.39, 0.29) is 12.5 Å². The summed E-state index contributed by atoms with van der Waals surface area (Å²) in [6.07, 6.45) is 0. The maximum atomic E-state index is 11.5. The molecule has 0 aliphatic carbocycles. The van der Waals surface area contributed by atoms with Gasteiger partial charge in [0.2, 0.25) is 0 Å². The van der Waals surface area contributed by atoms with E-state index in [1.165, 1.54) is 7.05 Å². The van der Waals surface area contributed by atoms with Gasteiger partial charge >= 0.3 is 5.91 Å². The number of hydrazine groups is 1. The van der Waals surface area contributed by atoms with Crippen LogP contribution in [-0.2, 0) is 6.54 Å². The lowest BCUT2D eigenvalue weighted by atomic mass is 10.1. The van der Waals surface area contributed by atoms with Crippen molar-refractivity contribution in [2.24, 2.45) is 0 Å². The minimum atomic E-state index is -0.239. The molecule has 0 aromatic heterocycles. The highest BCUT2D eigenvalue weighted by atomic mass is 16.3. The normalized spacial score (nSPS) is 15.9. The van der Waals surface area contributed by atoms with Gasteiger partial charge in [-0.05, 0) is 6.07 Å². The molecule has 2 rings (SSSR count). The smallest absolute Gasteiger partial charge is 0.263 e. The lowest BCUT2D eigenvalue weighted by molar-refractivity contribution is -0.697. The van der Waals surface area contributed by atoms with Crippen LogP contribution in [0.3, 0.4) is 0 Å². The zero-order valence-electron chi connectivity index (χ0n) is 7.23. The number of amides is 1. The molecule has 1 amide bonds. The quantitative estimate of drug-likeness (QED) is 0.554. The fraction of sp³-hybridized carbons (Fsp3) is 0.222. The molecule has 0 atom stereocenters. The Morgan fingerprint density at radius 1 is 1.38 bits per heavy atom. The van der Waals surface area contributed by atoms with Crippen molar-refractivity contribution < 1.29 is 9.66 Å². The van der Waals surface area contributed by atoms with Crippen molar-refractivity contribution >= 4 is 5.91 Å². The van der Waals surface area contributed by atoms with Crippen LogP contribution >= 0.6 is 0 Å². The van der Waals surface area contributed by atoms with Gasteiger partial charge < -0.3 is 0 Å². The maximum absolute atomic E-state index is 11.5. The van der Waals surface area contributed by atoms with E-state index >= 15 is 0 Å². The molecule has 0 spiro atoms. The molecule has 0 unspecified atom stereocenters. The Balaban J connectivity index is 2.55. The van der Waals surface area contributed by atoms with E-state index in [0.29, 0.717) is 10.4 Å². The minimum absolute atomic E-state index is 0.239. The number of carbonyl (C=O) groups excluding carboxylic acids is 1. The molecule has 1 aromatic carbocycles. The molecule has 1 aliphatic rings. The van der Waals surface area contributed by atoms with Crippen LogP contribution < -0.4 is 0 Å². The monoisotopic (exact) mass is 177 g/mol. The molecule has 1 aromatic rings. The van der Waals surface area contributed by atoms with Gasteiger partial charge in [-0.2, -0.15) is 0 Å². The van der Waals surface area contributed by atoms with E-state index in [1.54, 1.807) is 18.2 Å². The molecule has 0 saturated carbocycles. The van der Waals surface area contributed by atoms with E-state index in [9.17, 15) is 9.70 Å². The van der Waals surface area contributed by atoms with E-state index in [2.05, 4.69) is 0 Å². The fourth-order valence-corrected chi connectivity index (χ4v) is 1.39. The maximum Gasteiger partial charge on any atom is 0.312 e. The summed E-state index contributed by atoms with van der Waals surface area (Å²) in [5.74, 6) is -0.239. The summed E-state index contributed by atoms with van der Waals surface area (Å²) < 4.78 is 0. The van der Waals surface area contributed by atoms with E-state index in [0.717, 1.165) is 10.6 Å². The van der Waals surface area contributed by atoms with Gasteiger partial charge in [-0.3, -0.25) is 4.79 Å². The Hall–Kier alpha value is -1.71. The molecule has 0 bridgehead atoms. The standard InChI is InChI=1S/C9H9N2O2/c1-10-9(12)8-5-3-2-4-7(8)6-11(10)13/h2-5H,6H2,1H3/q+1. The van der Waals surface area contributed by atoms with Crippen LogP contribution in [0.1, 0.15) is 15.9 Å². The molecule has 66 valence electrons. The largest absolute Gasteiger partial charge is 0.312 e. The number of fused-ring (bicyclic) bond motifs is 1. The van der Waals surface area contributed by atoms with Crippen molar-refractivity contribution in [3.63, 3.8) is 0 Å². The molecular formula is C9H9N2O2+. The van der Waals surface area contributed by atoms with Crippen molar-refractivity contribution in [3.05, 3.63) is 40.3 Å². The molecule has 0 fully saturated rings. The molecule has 0 N–H and O–H groups in total. The first kappa shape index (κ1) is 7.91. The predicted molar refractivity (Wildman–Crippen MR) is 45.9 cm³/mol. The first-order chi connectivity index (χ1) is 6.20. The first-order valence-corrected chi connectivity index (χ1v) is 4.00. The Bertz CT molecular complexity index is 387. The highest BCUT2D eigenvalue weighted by molar-refractivity contribution is 5.95. The van der Waals surface area contributed by atoms with Gasteiger partial charge in [0.1, 0.15) is 4.87 Å². The van der Waals surface area contributed by atoms with Crippen LogP contribution in [0.4, 0.5) is 0 Å². The summed E-state index contributed by atoms with van der Waals surface area (Å²) in [5, 5.41) is 1.09. The summed E-state index contributed by atoms with van der Waals surface area (Å²) in [6, 6.07) is 7.16. The summed E-state index contributed by atoms with van der Waals surface area (Å²) >= 11 is 0. The molecule has 0 radical (unpaired) electrons. The summed E-state index contributed by atoms with van der Waals surface area (Å²) in [5.41, 5.74) is 1.41. The highest BCUT2D eigenvalue weighted by Gasteiger charge is 2.33. The van der Waals surface area contributed by atoms with Gasteiger partial charge in [-0.15, -0.1) is 0 Å². The van der Waals surface area contributed by atoms with E-state index < -0.39 is 0 Å². The molecule has 1 heterocycles. The number of nitroso groups, excluding NO2 is 1. The zero-order chi connectivity index (χ0) is 9.42.